The maximum Gasteiger partial charge on any atom is 0.243 e. The quantitative estimate of drug-likeness (QED) is 0.574. The van der Waals surface area contributed by atoms with Crippen molar-refractivity contribution in [1.29, 1.82) is 0 Å². The van der Waals surface area contributed by atoms with E-state index < -0.39 is 22.0 Å². The minimum absolute atomic E-state index is 0.266. The number of nitrogens with zero attached hydrogens (tertiary/aromatic N) is 2. The van der Waals surface area contributed by atoms with E-state index in [2.05, 4.69) is 22.3 Å². The number of ether oxygens (including phenoxy) is 1. The van der Waals surface area contributed by atoms with Gasteiger partial charge in [0.1, 0.15) is 11.8 Å². The van der Waals surface area contributed by atoms with Crippen molar-refractivity contribution in [2.24, 2.45) is 0 Å². The van der Waals surface area contributed by atoms with Crippen LogP contribution in [0.25, 0.3) is 0 Å². The molecule has 2 aromatic rings. The summed E-state index contributed by atoms with van der Waals surface area (Å²) in [7, 11) is -2.26. The van der Waals surface area contributed by atoms with Crippen LogP contribution >= 0.6 is 11.6 Å². The Hall–Kier alpha value is -2.29. The van der Waals surface area contributed by atoms with Gasteiger partial charge in [-0.3, -0.25) is 14.0 Å². The standard InChI is InChI=1S/C24H32ClN3O4S/c1-18(28(33(3,30)31)21-10-11-23(32-2)22(25)15-21)24(29)26-16-19-8-7-9-20(14-19)17-27-12-5-4-6-13-27/h7-11,14-15,18H,4-6,12-13,16-17H2,1-3H3,(H,26,29). The molecule has 7 nitrogen and oxygen atoms in total. The molecule has 9 heteroatoms. The highest BCUT2D eigenvalue weighted by Gasteiger charge is 2.29. The number of amides is 1. The molecule has 1 unspecified atom stereocenters. The molecule has 1 N–H and O–H groups in total. The summed E-state index contributed by atoms with van der Waals surface area (Å²) in [6.45, 7) is 5.02. The Morgan fingerprint density at radius 1 is 1.15 bits per heavy atom. The molecule has 1 atom stereocenters. The van der Waals surface area contributed by atoms with Gasteiger partial charge in [-0.15, -0.1) is 0 Å². The van der Waals surface area contributed by atoms with E-state index in [1.54, 1.807) is 19.1 Å². The average Bonchev–Trinajstić information content (AvgIpc) is 2.77. The number of methoxy groups -OCH3 is 1. The van der Waals surface area contributed by atoms with Crippen molar-refractivity contribution in [2.45, 2.75) is 45.3 Å². The van der Waals surface area contributed by atoms with Crippen molar-refractivity contribution < 1.29 is 17.9 Å². The first-order valence-corrected chi connectivity index (χ1v) is 13.3. The Kier molecular flexibility index (Phi) is 8.62. The van der Waals surface area contributed by atoms with E-state index in [1.807, 2.05) is 12.1 Å². The SMILES string of the molecule is COc1ccc(N(C(C)C(=O)NCc2cccc(CN3CCCCC3)c2)S(C)(=O)=O)cc1Cl. The number of halogens is 1. The number of hydrogen-bond donors (Lipinski definition) is 1. The Labute approximate surface area is 201 Å². The first kappa shape index (κ1) is 25.3. The van der Waals surface area contributed by atoms with Crippen molar-refractivity contribution >= 4 is 33.2 Å². The molecule has 1 aliphatic rings. The summed E-state index contributed by atoms with van der Waals surface area (Å²) in [6.07, 6.45) is 4.85. The van der Waals surface area contributed by atoms with Gasteiger partial charge in [-0.05, 0) is 62.2 Å². The van der Waals surface area contributed by atoms with Gasteiger partial charge in [0.15, 0.2) is 0 Å². The number of anilines is 1. The number of piperidine rings is 1. The average molecular weight is 494 g/mol. The third-order valence-corrected chi connectivity index (χ3v) is 7.33. The smallest absolute Gasteiger partial charge is 0.243 e. The third kappa shape index (κ3) is 6.85. The zero-order valence-electron chi connectivity index (χ0n) is 19.4. The summed E-state index contributed by atoms with van der Waals surface area (Å²) in [5, 5.41) is 3.14. The van der Waals surface area contributed by atoms with Crippen LogP contribution in [0.4, 0.5) is 5.69 Å². The Balaban J connectivity index is 1.68. The van der Waals surface area contributed by atoms with Crippen molar-refractivity contribution in [2.75, 3.05) is 30.8 Å². The Morgan fingerprint density at radius 2 is 1.85 bits per heavy atom. The largest absolute Gasteiger partial charge is 0.495 e. The van der Waals surface area contributed by atoms with E-state index >= 15 is 0 Å². The molecule has 1 amide bonds. The number of carbonyl (C=O) groups is 1. The highest BCUT2D eigenvalue weighted by molar-refractivity contribution is 7.92. The van der Waals surface area contributed by atoms with E-state index in [9.17, 15) is 13.2 Å². The van der Waals surface area contributed by atoms with Gasteiger partial charge in [0.25, 0.3) is 0 Å². The fraction of sp³-hybridized carbons (Fsp3) is 0.458. The second-order valence-corrected chi connectivity index (χ2v) is 10.7. The summed E-state index contributed by atoms with van der Waals surface area (Å²) in [6, 6.07) is 11.8. The number of sulfonamides is 1. The second-order valence-electron chi connectivity index (χ2n) is 8.43. The number of rotatable bonds is 9. The van der Waals surface area contributed by atoms with Crippen LogP contribution in [0, 0.1) is 0 Å². The first-order valence-electron chi connectivity index (χ1n) is 11.1. The van der Waals surface area contributed by atoms with Gasteiger partial charge < -0.3 is 10.1 Å². The lowest BCUT2D eigenvalue weighted by Gasteiger charge is -2.28. The molecular formula is C24H32ClN3O4S. The lowest BCUT2D eigenvalue weighted by atomic mass is 10.1. The minimum atomic E-state index is -3.74. The summed E-state index contributed by atoms with van der Waals surface area (Å²) >= 11 is 6.18. The molecule has 1 fully saturated rings. The van der Waals surface area contributed by atoms with Crippen molar-refractivity contribution in [3.8, 4) is 5.75 Å². The summed E-state index contributed by atoms with van der Waals surface area (Å²) in [5.74, 6) is 0.0317. The van der Waals surface area contributed by atoms with E-state index in [0.717, 1.165) is 35.8 Å². The van der Waals surface area contributed by atoms with Crippen LogP contribution in [-0.2, 0) is 27.9 Å². The van der Waals surface area contributed by atoms with Crippen LogP contribution in [0.5, 0.6) is 5.75 Å². The zero-order chi connectivity index (χ0) is 24.0. The molecule has 0 aromatic heterocycles. The monoisotopic (exact) mass is 493 g/mol. The molecule has 2 aromatic carbocycles. The van der Waals surface area contributed by atoms with E-state index in [0.29, 0.717) is 18.0 Å². The molecule has 0 aliphatic carbocycles. The molecule has 1 saturated heterocycles. The van der Waals surface area contributed by atoms with Crippen molar-refractivity contribution in [1.82, 2.24) is 10.2 Å². The predicted molar refractivity (Wildman–Crippen MR) is 132 cm³/mol. The molecule has 180 valence electrons. The molecule has 33 heavy (non-hydrogen) atoms. The van der Waals surface area contributed by atoms with Gasteiger partial charge in [0.2, 0.25) is 15.9 Å². The number of carbonyl (C=O) groups excluding carboxylic acids is 1. The second kappa shape index (κ2) is 11.2. The Bertz CT molecular complexity index is 1070. The molecule has 0 spiro atoms. The summed E-state index contributed by atoms with van der Waals surface area (Å²) in [4.78, 5) is 15.4. The number of nitrogens with one attached hydrogen (secondary N) is 1. The fourth-order valence-electron chi connectivity index (χ4n) is 4.15. The van der Waals surface area contributed by atoms with Gasteiger partial charge in [-0.1, -0.05) is 42.3 Å². The van der Waals surface area contributed by atoms with Gasteiger partial charge >= 0.3 is 0 Å². The molecular weight excluding hydrogens is 462 g/mol. The lowest BCUT2D eigenvalue weighted by Crippen LogP contribution is -2.47. The van der Waals surface area contributed by atoms with Crippen LogP contribution in [0.2, 0.25) is 5.02 Å². The molecule has 0 bridgehead atoms. The maximum atomic E-state index is 12.9. The zero-order valence-corrected chi connectivity index (χ0v) is 21.0. The van der Waals surface area contributed by atoms with E-state index in [-0.39, 0.29) is 5.02 Å². The van der Waals surface area contributed by atoms with Gasteiger partial charge in [0.05, 0.1) is 24.1 Å². The van der Waals surface area contributed by atoms with Gasteiger partial charge in [-0.25, -0.2) is 8.42 Å². The minimum Gasteiger partial charge on any atom is -0.495 e. The molecule has 0 radical (unpaired) electrons. The molecule has 0 saturated carbocycles. The first-order chi connectivity index (χ1) is 15.7. The third-order valence-electron chi connectivity index (χ3n) is 5.79. The highest BCUT2D eigenvalue weighted by atomic mass is 35.5. The van der Waals surface area contributed by atoms with E-state index in [4.69, 9.17) is 16.3 Å². The van der Waals surface area contributed by atoms with Crippen LogP contribution < -0.4 is 14.4 Å². The van der Waals surface area contributed by atoms with Gasteiger partial charge in [0, 0.05) is 13.1 Å². The Morgan fingerprint density at radius 3 is 2.48 bits per heavy atom. The normalized spacial score (nSPS) is 15.6. The summed E-state index contributed by atoms with van der Waals surface area (Å²) < 4.78 is 31.2. The van der Waals surface area contributed by atoms with Crippen LogP contribution in [0.1, 0.15) is 37.3 Å². The van der Waals surface area contributed by atoms with Crippen LogP contribution in [-0.4, -0.2) is 51.7 Å². The van der Waals surface area contributed by atoms with Crippen molar-refractivity contribution in [3.63, 3.8) is 0 Å². The van der Waals surface area contributed by atoms with Crippen LogP contribution in [0.15, 0.2) is 42.5 Å². The maximum absolute atomic E-state index is 12.9. The fourth-order valence-corrected chi connectivity index (χ4v) is 5.57. The summed E-state index contributed by atoms with van der Waals surface area (Å²) in [5.41, 5.74) is 2.49. The molecule has 3 rings (SSSR count). The topological polar surface area (TPSA) is 79.0 Å². The number of hydrogen-bond acceptors (Lipinski definition) is 5. The van der Waals surface area contributed by atoms with Gasteiger partial charge in [-0.2, -0.15) is 0 Å². The number of benzene rings is 2. The van der Waals surface area contributed by atoms with Crippen LogP contribution in [0.3, 0.4) is 0 Å². The van der Waals surface area contributed by atoms with E-state index in [1.165, 1.54) is 38.0 Å². The highest BCUT2D eigenvalue weighted by Crippen LogP contribution is 2.31. The molecule has 1 heterocycles. The van der Waals surface area contributed by atoms with Crippen molar-refractivity contribution in [3.05, 3.63) is 58.6 Å². The lowest BCUT2D eigenvalue weighted by molar-refractivity contribution is -0.122. The molecule has 1 aliphatic heterocycles. The number of likely N-dealkylation sites (tertiary alicyclic amines) is 1. The predicted octanol–water partition coefficient (Wildman–Crippen LogP) is 3.81.